The summed E-state index contributed by atoms with van der Waals surface area (Å²) in [6, 6.07) is 0.410. The van der Waals surface area contributed by atoms with E-state index in [9.17, 15) is 43.2 Å². The van der Waals surface area contributed by atoms with E-state index < -0.39 is 114 Å². The maximum absolute atomic E-state index is 10.6. The number of carboxylic acids is 9. The molecule has 33 heteroatoms. The molecule has 82 heavy (non-hydrogen) atoms. The van der Waals surface area contributed by atoms with E-state index in [2.05, 4.69) is 4.98 Å². The summed E-state index contributed by atoms with van der Waals surface area (Å²) in [5, 5.41) is 84.6. The zero-order chi connectivity index (χ0) is 65.6. The molecule has 11 atom stereocenters. The van der Waals surface area contributed by atoms with Crippen molar-refractivity contribution in [2.45, 2.75) is 154 Å². The lowest BCUT2D eigenvalue weighted by atomic mass is 10.0. The van der Waals surface area contributed by atoms with Gasteiger partial charge in [-0.15, -0.1) is 0 Å². The van der Waals surface area contributed by atoms with E-state index >= 15 is 0 Å². The average molecular weight is 1240 g/mol. The smallest absolute Gasteiger partial charge is 0.323 e. The van der Waals surface area contributed by atoms with Crippen LogP contribution in [0.4, 0.5) is 0 Å². The molecular weight excluding hydrogens is 1140 g/mol. The van der Waals surface area contributed by atoms with Crippen molar-refractivity contribution in [3.8, 4) is 0 Å². The van der Waals surface area contributed by atoms with Gasteiger partial charge in [-0.3, -0.25) is 43.2 Å². The molecule has 0 radical (unpaired) electrons. The third-order valence-electron chi connectivity index (χ3n) is 10.3. The van der Waals surface area contributed by atoms with Crippen molar-refractivity contribution in [1.82, 2.24) is 4.98 Å². The molecule has 0 amide bonds. The number of aliphatic hydroxyl groups excluding tert-OH is 1. The number of unbranched alkanes of at least 4 members (excludes halogenated alkanes) is 1. The molecule has 0 bridgehead atoms. The number of carbonyl (C=O) groups is 9. The minimum atomic E-state index is -1.18. The molecule has 0 aliphatic rings. The van der Waals surface area contributed by atoms with Gasteiger partial charge in [-0.1, -0.05) is 94.2 Å². The van der Waals surface area contributed by atoms with Crippen molar-refractivity contribution in [2.75, 3.05) is 30.1 Å². The Balaban J connectivity index is -0.000000204. The van der Waals surface area contributed by atoms with Crippen LogP contribution in [0, 0.1) is 17.8 Å². The van der Waals surface area contributed by atoms with Crippen LogP contribution < -0.4 is 57.3 Å². The van der Waals surface area contributed by atoms with Crippen molar-refractivity contribution < 1.29 is 94.2 Å². The first-order valence-electron chi connectivity index (χ1n) is 25.3. The maximum Gasteiger partial charge on any atom is 0.323 e. The molecule has 1 heterocycles. The van der Waals surface area contributed by atoms with Gasteiger partial charge in [0.15, 0.2) is 0 Å². The number of hydrogen-bond acceptors (Lipinski definition) is 23. The Kier molecular flexibility index (Phi) is 56.1. The first kappa shape index (κ1) is 87.8. The van der Waals surface area contributed by atoms with E-state index in [1.165, 1.54) is 28.5 Å². The Morgan fingerprint density at radius 3 is 1.21 bits per heavy atom. The molecule has 0 aliphatic heterocycles. The molecule has 0 saturated carbocycles. The van der Waals surface area contributed by atoms with Crippen LogP contribution in [-0.2, 0) is 49.6 Å². The Labute approximate surface area is 490 Å². The summed E-state index contributed by atoms with van der Waals surface area (Å²) in [7, 11) is 2.41. The quantitative estimate of drug-likeness (QED) is 0.0368. The predicted octanol–water partition coefficient (Wildman–Crippen LogP) is -0.285. The molecule has 0 fully saturated rings. The largest absolute Gasteiger partial charge is 0.480 e. The molecule has 30 nitrogen and oxygen atoms in total. The highest BCUT2D eigenvalue weighted by Gasteiger charge is 2.19. The number of aromatic amines is 1. The second-order valence-corrected chi connectivity index (χ2v) is 22.0. The number of para-hydroxylation sites is 1. The number of carboxylic acid groups (broad SMARTS) is 9. The molecule has 478 valence electrons. The molecule has 1 aromatic heterocycles. The summed E-state index contributed by atoms with van der Waals surface area (Å²) in [4.78, 5) is 94.6. The zero-order valence-electron chi connectivity index (χ0n) is 47.8. The number of hydrogen-bond donors (Lipinski definition) is 21. The highest BCUT2D eigenvalue weighted by Crippen LogP contribution is 2.22. The molecule has 2 rings (SSSR count). The van der Waals surface area contributed by atoms with Crippen molar-refractivity contribution in [3.63, 3.8) is 0 Å². The van der Waals surface area contributed by atoms with Crippen LogP contribution in [0.1, 0.15) is 92.6 Å². The minimum absolute atomic E-state index is 0.0208. The second kappa shape index (κ2) is 52.4. The number of H-pyrrole nitrogens is 1. The summed E-state index contributed by atoms with van der Waals surface area (Å²) >= 11 is 1.60. The summed E-state index contributed by atoms with van der Waals surface area (Å²) < 4.78 is 0. The van der Waals surface area contributed by atoms with Crippen LogP contribution in [0.2, 0.25) is 0 Å². The predicted molar refractivity (Wildman–Crippen MR) is 319 cm³/mol. The van der Waals surface area contributed by atoms with Crippen LogP contribution in [0.5, 0.6) is 0 Å². The Morgan fingerprint density at radius 2 is 0.927 bits per heavy atom. The molecule has 2 aromatic rings. The van der Waals surface area contributed by atoms with Crippen LogP contribution >= 0.6 is 33.3 Å². The summed E-state index contributed by atoms with van der Waals surface area (Å²) in [6.07, 6.45) is 7.19. The molecule has 11 unspecified atom stereocenters. The van der Waals surface area contributed by atoms with Gasteiger partial charge >= 0.3 is 53.7 Å². The summed E-state index contributed by atoms with van der Waals surface area (Å²) in [6.45, 7) is 13.1. The normalized spacial score (nSPS) is 14.3. The summed E-state index contributed by atoms with van der Waals surface area (Å²) in [5.74, 6) is -7.17. The van der Waals surface area contributed by atoms with Crippen LogP contribution in [-0.4, -0.2) is 200 Å². The number of aliphatic carboxylic acids is 9. The fraction of sp³-hybridized carbons (Fsp3) is 0.653. The van der Waals surface area contributed by atoms with E-state index in [4.69, 9.17) is 108 Å². The van der Waals surface area contributed by atoms with E-state index in [1.54, 1.807) is 25.6 Å². The van der Waals surface area contributed by atoms with Gasteiger partial charge in [0, 0.05) is 35.0 Å². The maximum atomic E-state index is 10.6. The molecule has 31 N–H and O–H groups in total. The van der Waals surface area contributed by atoms with Crippen molar-refractivity contribution in [3.05, 3.63) is 36.0 Å². The highest BCUT2D eigenvalue weighted by molar-refractivity contribution is 8.76. The van der Waals surface area contributed by atoms with E-state index in [-0.39, 0.29) is 23.3 Å². The van der Waals surface area contributed by atoms with Crippen LogP contribution in [0.15, 0.2) is 30.5 Å². The third-order valence-corrected chi connectivity index (χ3v) is 13.4. The minimum Gasteiger partial charge on any atom is -0.480 e. The average Bonchev–Trinajstić information content (AvgIpc) is 3.80. The van der Waals surface area contributed by atoms with E-state index in [1.807, 2.05) is 64.4 Å². The van der Waals surface area contributed by atoms with Gasteiger partial charge in [-0.2, -0.15) is 11.8 Å². The van der Waals surface area contributed by atoms with Gasteiger partial charge in [-0.05, 0) is 80.5 Å². The Morgan fingerprint density at radius 1 is 0.524 bits per heavy atom. The van der Waals surface area contributed by atoms with E-state index in [0.717, 1.165) is 41.5 Å². The number of aromatic nitrogens is 1. The van der Waals surface area contributed by atoms with Gasteiger partial charge < -0.3 is 113 Å². The number of fused-ring (bicyclic) bond motifs is 1. The number of nitrogens with two attached hydrogens (primary N) is 10. The zero-order valence-corrected chi connectivity index (χ0v) is 50.3. The Bertz CT molecular complexity index is 2050. The standard InChI is InChI=1S/C11H12N2O2.C6H12N2O4S2.C6H14N2O2.2C6H13NO2.C5H11NO2S.C5H11NO2.C4H9NO3/c12-9(11(14)15)5-7-6-13-10-4-2-1-3-8(7)10;7-3(5(9)10)1-13-14-2-4(8)6(11)12;7-4-2-1-3-5(8)6(9)10;1-4(2)3-5(7)6(8)9;1-3-4(2)5(7)6(8)9;1-9-3-2-4(6)5(7)8;1-3(2)4(6)5(7)8;1-2(6)3(5)4(7)8/h1-4,6,9,13H,5,12H2,(H,14,15);3-4H,1-2,7-8H2,(H,9,10)(H,11,12);5H,1-4,7-8H2,(H,9,10);2*4-5H,3,7H2,1-2H3,(H,8,9);4H,2-3,6H2,1H3,(H,7,8);3-4H,6H2,1-2H3,(H,7,8);2-3,6H,5H2,1H3,(H,7,8). The number of nitrogens with one attached hydrogen (secondary N) is 1. The second-order valence-electron chi connectivity index (χ2n) is 18.5. The fourth-order valence-electron chi connectivity index (χ4n) is 4.61. The lowest BCUT2D eigenvalue weighted by molar-refractivity contribution is -0.141. The number of benzene rings is 1. The van der Waals surface area contributed by atoms with Crippen LogP contribution in [0.3, 0.4) is 0 Å². The highest BCUT2D eigenvalue weighted by atomic mass is 33.1. The molecule has 0 saturated heterocycles. The molecule has 0 aliphatic carbocycles. The molecule has 1 aromatic carbocycles. The van der Waals surface area contributed by atoms with Crippen molar-refractivity contribution in [1.29, 1.82) is 0 Å². The van der Waals surface area contributed by atoms with E-state index in [0.29, 0.717) is 38.1 Å². The van der Waals surface area contributed by atoms with Crippen molar-refractivity contribution in [2.24, 2.45) is 75.1 Å². The van der Waals surface area contributed by atoms with Gasteiger partial charge in [0.05, 0.1) is 6.10 Å². The SMILES string of the molecule is CC(C)C(N)C(=O)O.CC(C)CC(N)C(=O)O.CC(O)C(N)C(=O)O.CCC(C)C(N)C(=O)O.CSCCC(N)C(=O)O.NC(CSSCC(N)C(=O)O)C(=O)O.NC(Cc1c[nH]c2ccccc12)C(=O)O.NCCCCC(N)C(=O)O. The van der Waals surface area contributed by atoms with Gasteiger partial charge in [0.2, 0.25) is 0 Å². The number of thioether (sulfide) groups is 1. The lowest BCUT2D eigenvalue weighted by Gasteiger charge is -2.11. The van der Waals surface area contributed by atoms with Gasteiger partial charge in [0.25, 0.3) is 0 Å². The van der Waals surface area contributed by atoms with Gasteiger partial charge in [0.1, 0.15) is 54.4 Å². The van der Waals surface area contributed by atoms with Gasteiger partial charge in [-0.25, -0.2) is 0 Å². The summed E-state index contributed by atoms with van der Waals surface area (Å²) in [5.41, 5.74) is 54.0. The lowest BCUT2D eigenvalue weighted by Crippen LogP contribution is -2.39. The Hall–Kier alpha value is -5.40. The first-order valence-corrected chi connectivity index (χ1v) is 29.1. The van der Waals surface area contributed by atoms with Crippen LogP contribution in [0.25, 0.3) is 10.9 Å². The topological polar surface area (TPSA) is 632 Å². The molecular formula is C49H95N11O19S3. The monoisotopic (exact) mass is 1240 g/mol. The number of rotatable bonds is 29. The molecule has 0 spiro atoms. The third kappa shape index (κ3) is 51.5. The van der Waals surface area contributed by atoms with Crippen molar-refractivity contribution >= 4 is 98.0 Å². The first-order chi connectivity index (χ1) is 37.7. The number of aliphatic hydroxyl groups is 1. The fourth-order valence-corrected chi connectivity index (χ4v) is 7.33.